The molecule has 0 saturated carbocycles. The van der Waals surface area contributed by atoms with E-state index < -0.39 is 11.7 Å². The van der Waals surface area contributed by atoms with E-state index in [2.05, 4.69) is 10.4 Å². The number of aromatic nitrogens is 3. The van der Waals surface area contributed by atoms with Crippen molar-refractivity contribution in [2.45, 2.75) is 12.6 Å². The first-order valence-corrected chi connectivity index (χ1v) is 9.34. The van der Waals surface area contributed by atoms with Crippen molar-refractivity contribution in [2.24, 2.45) is 7.05 Å². The second-order valence-electron chi connectivity index (χ2n) is 6.99. The zero-order chi connectivity index (χ0) is 21.5. The Morgan fingerprint density at radius 2 is 1.87 bits per heavy atom. The lowest BCUT2D eigenvalue weighted by molar-refractivity contribution is -0.137. The average molecular weight is 416 g/mol. The Labute approximate surface area is 169 Å². The lowest BCUT2D eigenvalue weighted by Gasteiger charge is -2.10. The van der Waals surface area contributed by atoms with Gasteiger partial charge in [0.15, 0.2) is 5.65 Å². The van der Waals surface area contributed by atoms with E-state index in [9.17, 15) is 18.0 Å². The van der Waals surface area contributed by atoms with Gasteiger partial charge in [-0.05, 0) is 48.9 Å². The molecule has 0 aliphatic rings. The van der Waals surface area contributed by atoms with Gasteiger partial charge in [-0.2, -0.15) is 18.3 Å². The van der Waals surface area contributed by atoms with Crippen LogP contribution in [0.15, 0.2) is 48.7 Å². The predicted molar refractivity (Wildman–Crippen MR) is 107 cm³/mol. The number of benzene rings is 2. The van der Waals surface area contributed by atoms with Crippen molar-refractivity contribution in [3.8, 4) is 5.69 Å². The molecule has 0 spiro atoms. The Balaban J connectivity index is 1.82. The number of hydrogen-bond donors (Lipinski definition) is 2. The van der Waals surface area contributed by atoms with Crippen LogP contribution in [0, 0.1) is 0 Å². The van der Waals surface area contributed by atoms with Gasteiger partial charge in [0.2, 0.25) is 0 Å². The Morgan fingerprint density at radius 1 is 1.13 bits per heavy atom. The van der Waals surface area contributed by atoms with Crippen molar-refractivity contribution < 1.29 is 23.1 Å². The fourth-order valence-electron chi connectivity index (χ4n) is 3.48. The number of fused-ring (bicyclic) bond motifs is 3. The first kappa shape index (κ1) is 20.0. The minimum atomic E-state index is -4.41. The molecule has 0 saturated heterocycles. The lowest BCUT2D eigenvalue weighted by atomic mass is 10.1. The third kappa shape index (κ3) is 3.52. The molecular formula is C21H19F3N4O2. The Hall–Kier alpha value is -3.33. The summed E-state index contributed by atoms with van der Waals surface area (Å²) in [6, 6.07) is 10.1. The maximum atomic E-state index is 12.9. The second-order valence-corrected chi connectivity index (χ2v) is 6.99. The fourth-order valence-corrected chi connectivity index (χ4v) is 3.48. The Morgan fingerprint density at radius 3 is 2.53 bits per heavy atom. The molecule has 30 heavy (non-hydrogen) atoms. The van der Waals surface area contributed by atoms with Crippen LogP contribution in [0.25, 0.3) is 27.6 Å². The molecule has 0 atom stereocenters. The van der Waals surface area contributed by atoms with Crippen LogP contribution in [0.4, 0.5) is 13.2 Å². The Kier molecular flexibility index (Phi) is 4.98. The summed E-state index contributed by atoms with van der Waals surface area (Å²) in [7, 11) is 1.76. The smallest absolute Gasteiger partial charge is 0.396 e. The van der Waals surface area contributed by atoms with Gasteiger partial charge in [-0.25, -0.2) is 0 Å². The van der Waals surface area contributed by atoms with Crippen LogP contribution in [-0.2, 0) is 13.2 Å². The van der Waals surface area contributed by atoms with Crippen molar-refractivity contribution >= 4 is 27.8 Å². The monoisotopic (exact) mass is 416 g/mol. The molecule has 6 nitrogen and oxygen atoms in total. The quantitative estimate of drug-likeness (QED) is 0.488. The van der Waals surface area contributed by atoms with Gasteiger partial charge < -0.3 is 10.4 Å². The van der Waals surface area contributed by atoms with Gasteiger partial charge in [0.05, 0.1) is 11.1 Å². The summed E-state index contributed by atoms with van der Waals surface area (Å²) in [6.07, 6.45) is -2.13. The SMILES string of the molecule is Cn1cc2c3cc(C(=O)NCCCO)ccc3n(-c3ccc(C(F)(F)F)cc3)c2n1. The van der Waals surface area contributed by atoms with Crippen molar-refractivity contribution in [1.29, 1.82) is 0 Å². The number of carbonyl (C=O) groups is 1. The number of nitrogens with zero attached hydrogens (tertiary/aromatic N) is 3. The highest BCUT2D eigenvalue weighted by Crippen LogP contribution is 2.34. The molecule has 9 heteroatoms. The number of carbonyl (C=O) groups excluding carboxylic acids is 1. The summed E-state index contributed by atoms with van der Waals surface area (Å²) in [6.45, 7) is 0.355. The van der Waals surface area contributed by atoms with Gasteiger partial charge in [-0.3, -0.25) is 14.0 Å². The highest BCUT2D eigenvalue weighted by Gasteiger charge is 2.30. The predicted octanol–water partition coefficient (Wildman–Crippen LogP) is 3.65. The first-order chi connectivity index (χ1) is 14.3. The van der Waals surface area contributed by atoms with Crippen LogP contribution in [-0.4, -0.2) is 38.5 Å². The minimum absolute atomic E-state index is 0.00833. The molecule has 4 aromatic rings. The Bertz CT molecular complexity index is 1220. The number of nitrogens with one attached hydrogen (secondary N) is 1. The molecule has 4 rings (SSSR count). The molecule has 0 aliphatic heterocycles. The number of alkyl halides is 3. The number of halogens is 3. The largest absolute Gasteiger partial charge is 0.416 e. The normalized spacial score (nSPS) is 12.0. The standard InChI is InChI=1S/C21H19F3N4O2/c1-27-12-17-16-11-13(20(30)25-9-2-10-29)3-8-18(16)28(19(17)26-27)15-6-4-14(5-7-15)21(22,23)24/h3-8,11-12,29H,2,9-10H2,1H3,(H,25,30). The summed E-state index contributed by atoms with van der Waals surface area (Å²) in [5.41, 5.74) is 1.60. The molecule has 0 unspecified atom stereocenters. The van der Waals surface area contributed by atoms with Crippen molar-refractivity contribution in [3.05, 3.63) is 59.8 Å². The van der Waals surface area contributed by atoms with Crippen LogP contribution in [0.2, 0.25) is 0 Å². The van der Waals surface area contributed by atoms with E-state index >= 15 is 0 Å². The first-order valence-electron chi connectivity index (χ1n) is 9.34. The van der Waals surface area contributed by atoms with E-state index in [0.29, 0.717) is 29.9 Å². The summed E-state index contributed by atoms with van der Waals surface area (Å²) in [5, 5.41) is 17.6. The molecule has 2 heterocycles. The zero-order valence-corrected chi connectivity index (χ0v) is 16.1. The van der Waals surface area contributed by atoms with Crippen LogP contribution in [0.5, 0.6) is 0 Å². The van der Waals surface area contributed by atoms with E-state index in [-0.39, 0.29) is 12.5 Å². The maximum Gasteiger partial charge on any atom is 0.416 e. The highest BCUT2D eigenvalue weighted by molar-refractivity contribution is 6.10. The van der Waals surface area contributed by atoms with E-state index in [4.69, 9.17) is 5.11 Å². The zero-order valence-electron chi connectivity index (χ0n) is 16.1. The van der Waals surface area contributed by atoms with E-state index in [0.717, 1.165) is 28.4 Å². The third-order valence-electron chi connectivity index (χ3n) is 4.88. The highest BCUT2D eigenvalue weighted by atomic mass is 19.4. The molecule has 0 bridgehead atoms. The average Bonchev–Trinajstić information content (AvgIpc) is 3.22. The van der Waals surface area contributed by atoms with Crippen molar-refractivity contribution in [1.82, 2.24) is 19.7 Å². The van der Waals surface area contributed by atoms with Crippen LogP contribution >= 0.6 is 0 Å². The molecule has 2 aromatic carbocycles. The fraction of sp³-hybridized carbons (Fsp3) is 0.238. The molecule has 156 valence electrons. The van der Waals surface area contributed by atoms with Gasteiger partial charge in [-0.1, -0.05) is 0 Å². The van der Waals surface area contributed by atoms with Crippen molar-refractivity contribution in [2.75, 3.05) is 13.2 Å². The van der Waals surface area contributed by atoms with E-state index in [1.165, 1.54) is 12.1 Å². The molecule has 0 fully saturated rings. The number of amides is 1. The van der Waals surface area contributed by atoms with Crippen LogP contribution < -0.4 is 5.32 Å². The lowest BCUT2D eigenvalue weighted by Crippen LogP contribution is -2.24. The summed E-state index contributed by atoms with van der Waals surface area (Å²) in [4.78, 5) is 12.4. The molecule has 2 aromatic heterocycles. The third-order valence-corrected chi connectivity index (χ3v) is 4.88. The van der Waals surface area contributed by atoms with Gasteiger partial charge in [0, 0.05) is 48.4 Å². The van der Waals surface area contributed by atoms with Gasteiger partial charge >= 0.3 is 6.18 Å². The minimum Gasteiger partial charge on any atom is -0.396 e. The molecule has 0 radical (unpaired) electrons. The molecule has 0 aliphatic carbocycles. The number of hydrogen-bond acceptors (Lipinski definition) is 3. The number of aryl methyl sites for hydroxylation is 1. The van der Waals surface area contributed by atoms with Crippen LogP contribution in [0.3, 0.4) is 0 Å². The number of rotatable bonds is 5. The molecule has 2 N–H and O–H groups in total. The maximum absolute atomic E-state index is 12.9. The number of aliphatic hydroxyl groups excluding tert-OH is 1. The topological polar surface area (TPSA) is 72.1 Å². The second kappa shape index (κ2) is 7.49. The summed E-state index contributed by atoms with van der Waals surface area (Å²) in [5.74, 6) is -0.260. The van der Waals surface area contributed by atoms with Gasteiger partial charge in [0.25, 0.3) is 5.91 Å². The van der Waals surface area contributed by atoms with Crippen molar-refractivity contribution in [3.63, 3.8) is 0 Å². The van der Waals surface area contributed by atoms with Crippen LogP contribution in [0.1, 0.15) is 22.3 Å². The number of aliphatic hydroxyl groups is 1. The molecular weight excluding hydrogens is 397 g/mol. The molecule has 1 amide bonds. The van der Waals surface area contributed by atoms with E-state index in [1.807, 2.05) is 6.20 Å². The van der Waals surface area contributed by atoms with E-state index in [1.54, 1.807) is 34.5 Å². The summed E-state index contributed by atoms with van der Waals surface area (Å²) >= 11 is 0. The summed E-state index contributed by atoms with van der Waals surface area (Å²) < 4.78 is 42.2. The van der Waals surface area contributed by atoms with Gasteiger partial charge in [-0.15, -0.1) is 0 Å². The van der Waals surface area contributed by atoms with Gasteiger partial charge in [0.1, 0.15) is 0 Å².